The molecule has 2 fully saturated rings. The molecule has 342 valence electrons. The highest BCUT2D eigenvalue weighted by molar-refractivity contribution is 7.99. The van der Waals surface area contributed by atoms with Gasteiger partial charge in [-0.3, -0.25) is 9.59 Å². The molecular weight excluding hydrogens is 813 g/mol. The number of rotatable bonds is 35. The van der Waals surface area contributed by atoms with E-state index in [1.165, 1.54) is 13.8 Å². The summed E-state index contributed by atoms with van der Waals surface area (Å²) < 4.78 is 55.7. The molecule has 0 radical (unpaired) electrons. The van der Waals surface area contributed by atoms with Crippen molar-refractivity contribution in [3.63, 3.8) is 0 Å². The summed E-state index contributed by atoms with van der Waals surface area (Å²) >= 11 is 3.39. The molecule has 2 amide bonds. The van der Waals surface area contributed by atoms with Crippen LogP contribution in [0.15, 0.2) is 0 Å². The fourth-order valence-electron chi connectivity index (χ4n) is 5.59. The van der Waals surface area contributed by atoms with Gasteiger partial charge in [0.2, 0.25) is 11.8 Å². The molecule has 2 aliphatic heterocycles. The summed E-state index contributed by atoms with van der Waals surface area (Å²) in [6.07, 6.45) is -7.91. The van der Waals surface area contributed by atoms with Crippen molar-refractivity contribution in [2.75, 3.05) is 129 Å². The van der Waals surface area contributed by atoms with Crippen LogP contribution in [0.2, 0.25) is 0 Å². The molecular formula is C36H68N2O18S2. The van der Waals surface area contributed by atoms with Gasteiger partial charge in [-0.15, -0.1) is 0 Å². The third-order valence-corrected chi connectivity index (χ3v) is 10.6. The first-order valence-corrected chi connectivity index (χ1v) is 22.1. The predicted octanol–water partition coefficient (Wildman–Crippen LogP) is -2.75. The van der Waals surface area contributed by atoms with Crippen LogP contribution in [0, 0.1) is 0 Å². The number of ether oxygens (including phenoxy) is 10. The molecule has 0 aromatic heterocycles. The number of carbonyl (C=O) groups excluding carboxylic acids is 2. The van der Waals surface area contributed by atoms with Crippen LogP contribution in [-0.2, 0) is 57.0 Å². The lowest BCUT2D eigenvalue weighted by Crippen LogP contribution is -2.64. The molecule has 0 unspecified atom stereocenters. The normalized spacial score (nSPS) is 27.4. The maximum atomic E-state index is 11.5. The molecule has 2 rings (SSSR count). The molecule has 0 bridgehead atoms. The standard InChI is InChI=1S/C36H68N2O18S2/c1-25(41)37-29-33(45)31(43)27(23-39)55-35(29)53-5-3-19-57-21-17-51-15-13-49-11-9-47-7-8-48-10-12-50-14-16-52-18-22-58-20-4-6-54-36-30(38-26(2)42)34(46)32(44)28(24-40)56-36/h27-36,39-40,43-46H,3-24H2,1-2H3,(H,37,41)(H,38,42)/t27-,28-,29-,30-,31-,32-,33-,34-,35+,36+/m1/s1. The summed E-state index contributed by atoms with van der Waals surface area (Å²) in [7, 11) is 0. The molecule has 2 aliphatic rings. The minimum absolute atomic E-state index is 0.313. The Kier molecular flexibility index (Phi) is 30.8. The number of aliphatic hydroxyl groups is 6. The van der Waals surface area contributed by atoms with Gasteiger partial charge in [-0.1, -0.05) is 0 Å². The smallest absolute Gasteiger partial charge is 0.217 e. The zero-order valence-corrected chi connectivity index (χ0v) is 35.4. The van der Waals surface area contributed by atoms with E-state index in [0.29, 0.717) is 105 Å². The van der Waals surface area contributed by atoms with Crippen LogP contribution in [0.3, 0.4) is 0 Å². The Bertz CT molecular complexity index is 969. The van der Waals surface area contributed by atoms with Gasteiger partial charge in [0.25, 0.3) is 0 Å². The summed E-state index contributed by atoms with van der Waals surface area (Å²) in [5.41, 5.74) is 0. The Labute approximate surface area is 349 Å². The SMILES string of the molecule is CC(=O)N[C@H]1[C@@H](OCCCSCCOCCOCCOCCOCCOCCOCCSCCCO[C@H]2O[C@H](CO)[C@@H](O)[C@H](O)[C@H]2NC(C)=O)O[C@H](CO)[C@@H](O)[C@@H]1O. The molecule has 0 saturated carbocycles. The Morgan fingerprint density at radius 1 is 0.483 bits per heavy atom. The topological polar surface area (TPSA) is 272 Å². The van der Waals surface area contributed by atoms with Crippen LogP contribution in [0.5, 0.6) is 0 Å². The fourth-order valence-corrected chi connectivity index (χ4v) is 7.11. The van der Waals surface area contributed by atoms with Crippen LogP contribution >= 0.6 is 23.5 Å². The maximum Gasteiger partial charge on any atom is 0.217 e. The van der Waals surface area contributed by atoms with E-state index in [2.05, 4.69) is 10.6 Å². The fraction of sp³-hybridized carbons (Fsp3) is 0.944. The van der Waals surface area contributed by atoms with Crippen molar-refractivity contribution >= 4 is 35.3 Å². The van der Waals surface area contributed by atoms with Gasteiger partial charge in [0.1, 0.15) is 48.7 Å². The second-order valence-electron chi connectivity index (χ2n) is 13.2. The highest BCUT2D eigenvalue weighted by atomic mass is 32.2. The van der Waals surface area contributed by atoms with Gasteiger partial charge in [-0.2, -0.15) is 23.5 Å². The molecule has 0 aromatic carbocycles. The second kappa shape index (κ2) is 33.6. The summed E-state index contributed by atoms with van der Waals surface area (Å²) in [5, 5.41) is 64.6. The van der Waals surface area contributed by atoms with Crippen LogP contribution in [0.1, 0.15) is 26.7 Å². The van der Waals surface area contributed by atoms with E-state index >= 15 is 0 Å². The number of amides is 2. The molecule has 10 atom stereocenters. The van der Waals surface area contributed by atoms with Crippen molar-refractivity contribution in [2.45, 2.75) is 88.0 Å². The third kappa shape index (κ3) is 22.7. The van der Waals surface area contributed by atoms with Crippen molar-refractivity contribution in [3.05, 3.63) is 0 Å². The molecule has 22 heteroatoms. The Hall–Kier alpha value is -1.00. The average Bonchev–Trinajstić information content (AvgIpc) is 3.20. The second-order valence-corrected chi connectivity index (χ2v) is 15.7. The highest BCUT2D eigenvalue weighted by Gasteiger charge is 2.46. The van der Waals surface area contributed by atoms with Crippen molar-refractivity contribution in [1.82, 2.24) is 10.6 Å². The zero-order valence-electron chi connectivity index (χ0n) is 33.7. The van der Waals surface area contributed by atoms with E-state index in [1.807, 2.05) is 0 Å². The van der Waals surface area contributed by atoms with Crippen LogP contribution < -0.4 is 10.6 Å². The van der Waals surface area contributed by atoms with Crippen molar-refractivity contribution < 1.29 is 87.6 Å². The lowest BCUT2D eigenvalue weighted by Gasteiger charge is -2.42. The Balaban J connectivity index is 1.27. The van der Waals surface area contributed by atoms with E-state index in [0.717, 1.165) is 23.0 Å². The van der Waals surface area contributed by atoms with Gasteiger partial charge in [0.05, 0.1) is 106 Å². The van der Waals surface area contributed by atoms with Gasteiger partial charge in [0.15, 0.2) is 12.6 Å². The molecule has 0 aromatic rings. The van der Waals surface area contributed by atoms with Crippen LogP contribution in [0.4, 0.5) is 0 Å². The van der Waals surface area contributed by atoms with E-state index in [9.17, 15) is 40.2 Å². The maximum absolute atomic E-state index is 11.5. The summed E-state index contributed by atoms with van der Waals surface area (Å²) in [6.45, 7) is 8.02. The molecule has 0 aliphatic carbocycles. The van der Waals surface area contributed by atoms with Crippen LogP contribution in [-0.4, -0.2) is 232 Å². The molecule has 58 heavy (non-hydrogen) atoms. The molecule has 2 saturated heterocycles. The number of hydrogen-bond donors (Lipinski definition) is 8. The van der Waals surface area contributed by atoms with Crippen molar-refractivity contribution in [1.29, 1.82) is 0 Å². The zero-order chi connectivity index (χ0) is 42.4. The Morgan fingerprint density at radius 3 is 1.09 bits per heavy atom. The lowest BCUT2D eigenvalue weighted by atomic mass is 9.97. The number of thioether (sulfide) groups is 2. The Morgan fingerprint density at radius 2 is 0.793 bits per heavy atom. The summed E-state index contributed by atoms with van der Waals surface area (Å²) in [4.78, 5) is 23.0. The van der Waals surface area contributed by atoms with Gasteiger partial charge < -0.3 is 88.6 Å². The molecule has 0 spiro atoms. The summed E-state index contributed by atoms with van der Waals surface area (Å²) in [6, 6.07) is -1.88. The largest absolute Gasteiger partial charge is 0.394 e. The van der Waals surface area contributed by atoms with Crippen LogP contribution in [0.25, 0.3) is 0 Å². The number of carbonyl (C=O) groups is 2. The minimum Gasteiger partial charge on any atom is -0.394 e. The quantitative estimate of drug-likeness (QED) is 0.0300. The molecule has 8 N–H and O–H groups in total. The number of aliphatic hydroxyl groups excluding tert-OH is 6. The van der Waals surface area contributed by atoms with Crippen molar-refractivity contribution in [2.24, 2.45) is 0 Å². The minimum atomic E-state index is -1.34. The number of hydrogen-bond acceptors (Lipinski definition) is 20. The van der Waals surface area contributed by atoms with Gasteiger partial charge in [-0.25, -0.2) is 0 Å². The van der Waals surface area contributed by atoms with E-state index in [-0.39, 0.29) is 0 Å². The lowest BCUT2D eigenvalue weighted by molar-refractivity contribution is -0.270. The van der Waals surface area contributed by atoms with Crippen molar-refractivity contribution in [3.8, 4) is 0 Å². The molecule has 2 heterocycles. The molecule has 20 nitrogen and oxygen atoms in total. The van der Waals surface area contributed by atoms with E-state index in [1.54, 1.807) is 23.5 Å². The van der Waals surface area contributed by atoms with Gasteiger partial charge >= 0.3 is 0 Å². The first kappa shape index (κ1) is 53.1. The van der Waals surface area contributed by atoms with Gasteiger partial charge in [0, 0.05) is 25.4 Å². The average molecular weight is 881 g/mol. The number of nitrogens with one attached hydrogen (secondary N) is 2. The third-order valence-electron chi connectivity index (χ3n) is 8.54. The predicted molar refractivity (Wildman–Crippen MR) is 211 cm³/mol. The van der Waals surface area contributed by atoms with E-state index < -0.39 is 86.3 Å². The highest BCUT2D eigenvalue weighted by Crippen LogP contribution is 2.24. The first-order chi connectivity index (χ1) is 28.1. The summed E-state index contributed by atoms with van der Waals surface area (Å²) in [5.74, 6) is 2.41. The van der Waals surface area contributed by atoms with Gasteiger partial charge in [-0.05, 0) is 24.3 Å². The van der Waals surface area contributed by atoms with E-state index in [4.69, 9.17) is 47.4 Å². The first-order valence-electron chi connectivity index (χ1n) is 19.7. The monoisotopic (exact) mass is 880 g/mol.